The highest BCUT2D eigenvalue weighted by Crippen LogP contribution is 2.25. The topological polar surface area (TPSA) is 115 Å². The first-order valence-electron chi connectivity index (χ1n) is 8.39. The second-order valence-corrected chi connectivity index (χ2v) is 6.30. The van der Waals surface area contributed by atoms with Crippen LogP contribution in [0.1, 0.15) is 31.2 Å². The van der Waals surface area contributed by atoms with Crippen molar-refractivity contribution in [2.45, 2.75) is 38.3 Å². The fraction of sp³-hybridized carbons (Fsp3) is 0.412. The summed E-state index contributed by atoms with van der Waals surface area (Å²) in [6.45, 7) is 0.627. The molecule has 2 heterocycles. The summed E-state index contributed by atoms with van der Waals surface area (Å²) in [6, 6.07) is 5.21. The average Bonchev–Trinajstić information content (AvgIpc) is 3.02. The van der Waals surface area contributed by atoms with Gasteiger partial charge in [-0.15, -0.1) is 0 Å². The second kappa shape index (κ2) is 7.78. The van der Waals surface area contributed by atoms with Crippen molar-refractivity contribution in [2.75, 3.05) is 5.32 Å². The molecule has 1 fully saturated rings. The number of nitrogens with zero attached hydrogens (tertiary/aromatic N) is 3. The van der Waals surface area contributed by atoms with Gasteiger partial charge in [-0.1, -0.05) is 0 Å². The molecule has 0 aliphatic heterocycles. The number of anilines is 1. The summed E-state index contributed by atoms with van der Waals surface area (Å²) < 4.78 is 1.78. The number of pyridine rings is 1. The largest absolute Gasteiger partial charge is 0.352 e. The van der Waals surface area contributed by atoms with Crippen LogP contribution in [0.2, 0.25) is 0 Å². The summed E-state index contributed by atoms with van der Waals surface area (Å²) in [6.07, 6.45) is 8.30. The number of primary amides is 1. The number of amides is 3. The number of rotatable bonds is 5. The zero-order valence-electron chi connectivity index (χ0n) is 13.9. The van der Waals surface area contributed by atoms with Gasteiger partial charge >= 0.3 is 6.03 Å². The maximum atomic E-state index is 12.4. The monoisotopic (exact) mass is 342 g/mol. The molecule has 0 bridgehead atoms. The molecule has 8 heteroatoms. The Morgan fingerprint density at radius 2 is 1.88 bits per heavy atom. The van der Waals surface area contributed by atoms with Crippen LogP contribution in [0.15, 0.2) is 36.8 Å². The first-order valence-corrected chi connectivity index (χ1v) is 8.39. The average molecular weight is 342 g/mol. The van der Waals surface area contributed by atoms with E-state index in [9.17, 15) is 9.59 Å². The van der Waals surface area contributed by atoms with E-state index in [2.05, 4.69) is 20.7 Å². The van der Waals surface area contributed by atoms with Crippen LogP contribution < -0.4 is 16.4 Å². The minimum absolute atomic E-state index is 0.0216. The number of nitrogens with two attached hydrogens (primary N) is 1. The Morgan fingerprint density at radius 1 is 1.16 bits per heavy atom. The van der Waals surface area contributed by atoms with Gasteiger partial charge in [-0.25, -0.2) is 4.79 Å². The molecule has 3 amide bonds. The van der Waals surface area contributed by atoms with E-state index in [0.29, 0.717) is 12.4 Å². The van der Waals surface area contributed by atoms with Crippen LogP contribution in [0.5, 0.6) is 0 Å². The van der Waals surface area contributed by atoms with Crippen molar-refractivity contribution in [1.82, 2.24) is 20.1 Å². The lowest BCUT2D eigenvalue weighted by molar-refractivity contribution is -0.120. The standard InChI is InChI=1S/C17H22N6O2/c18-17(25)20-14-3-1-13(2-4-14)16(24)21-15-7-10-23(22-15)11-12-5-8-19-9-6-12/h5-10,13-14H,1-4,11H2,(H3,18,20,25)(H,21,22,24). The summed E-state index contributed by atoms with van der Waals surface area (Å²) >= 11 is 0. The molecule has 132 valence electrons. The Hall–Kier alpha value is -2.90. The molecule has 0 radical (unpaired) electrons. The van der Waals surface area contributed by atoms with E-state index in [1.54, 1.807) is 23.1 Å². The number of carbonyl (C=O) groups is 2. The number of carbonyl (C=O) groups excluding carboxylic acids is 2. The molecule has 25 heavy (non-hydrogen) atoms. The van der Waals surface area contributed by atoms with Crippen LogP contribution in [-0.4, -0.2) is 32.7 Å². The quantitative estimate of drug-likeness (QED) is 0.763. The Balaban J connectivity index is 1.50. The number of nitrogens with one attached hydrogen (secondary N) is 2. The molecule has 2 aromatic heterocycles. The van der Waals surface area contributed by atoms with Crippen molar-refractivity contribution in [1.29, 1.82) is 0 Å². The number of urea groups is 1. The van der Waals surface area contributed by atoms with Crippen molar-refractivity contribution < 1.29 is 9.59 Å². The van der Waals surface area contributed by atoms with Crippen LogP contribution in [-0.2, 0) is 11.3 Å². The van der Waals surface area contributed by atoms with Gasteiger partial charge in [-0.05, 0) is 43.4 Å². The normalized spacial score (nSPS) is 20.0. The Kier molecular flexibility index (Phi) is 5.27. The lowest BCUT2D eigenvalue weighted by Crippen LogP contribution is -2.42. The summed E-state index contributed by atoms with van der Waals surface area (Å²) in [5.74, 6) is 0.472. The second-order valence-electron chi connectivity index (χ2n) is 6.30. The van der Waals surface area contributed by atoms with Crippen LogP contribution in [0.3, 0.4) is 0 Å². The first kappa shape index (κ1) is 16.9. The predicted octanol–water partition coefficient (Wildman–Crippen LogP) is 1.49. The van der Waals surface area contributed by atoms with Gasteiger partial charge in [0.1, 0.15) is 0 Å². The summed E-state index contributed by atoms with van der Waals surface area (Å²) in [5, 5.41) is 9.97. The number of hydrogen-bond donors (Lipinski definition) is 3. The molecule has 0 spiro atoms. The van der Waals surface area contributed by atoms with Gasteiger partial charge in [-0.3, -0.25) is 14.5 Å². The molecule has 1 saturated carbocycles. The smallest absolute Gasteiger partial charge is 0.312 e. The van der Waals surface area contributed by atoms with Crippen molar-refractivity contribution in [3.05, 3.63) is 42.4 Å². The van der Waals surface area contributed by atoms with E-state index in [4.69, 9.17) is 5.73 Å². The summed E-state index contributed by atoms with van der Waals surface area (Å²) in [7, 11) is 0. The van der Waals surface area contributed by atoms with Gasteiger partial charge in [0.15, 0.2) is 5.82 Å². The molecule has 0 atom stereocenters. The van der Waals surface area contributed by atoms with Crippen LogP contribution in [0.25, 0.3) is 0 Å². The lowest BCUT2D eigenvalue weighted by Gasteiger charge is -2.27. The molecule has 8 nitrogen and oxygen atoms in total. The fourth-order valence-corrected chi connectivity index (χ4v) is 3.12. The molecule has 3 rings (SSSR count). The third-order valence-electron chi connectivity index (χ3n) is 4.43. The third-order valence-corrected chi connectivity index (χ3v) is 4.43. The highest BCUT2D eigenvalue weighted by molar-refractivity contribution is 5.91. The Morgan fingerprint density at radius 3 is 2.56 bits per heavy atom. The van der Waals surface area contributed by atoms with Gasteiger partial charge in [0.25, 0.3) is 0 Å². The van der Waals surface area contributed by atoms with Crippen molar-refractivity contribution >= 4 is 17.8 Å². The van der Waals surface area contributed by atoms with E-state index >= 15 is 0 Å². The summed E-state index contributed by atoms with van der Waals surface area (Å²) in [4.78, 5) is 27.2. The van der Waals surface area contributed by atoms with E-state index in [1.165, 1.54) is 0 Å². The fourth-order valence-electron chi connectivity index (χ4n) is 3.12. The lowest BCUT2D eigenvalue weighted by atomic mass is 9.85. The van der Waals surface area contributed by atoms with E-state index in [-0.39, 0.29) is 17.9 Å². The van der Waals surface area contributed by atoms with E-state index in [1.807, 2.05) is 18.3 Å². The van der Waals surface area contributed by atoms with Crippen molar-refractivity contribution in [3.8, 4) is 0 Å². The highest BCUT2D eigenvalue weighted by Gasteiger charge is 2.27. The maximum Gasteiger partial charge on any atom is 0.312 e. The first-order chi connectivity index (χ1) is 12.1. The molecule has 2 aromatic rings. The minimum Gasteiger partial charge on any atom is -0.352 e. The SMILES string of the molecule is NC(=O)NC1CCC(C(=O)Nc2ccn(Cc3ccncc3)n2)CC1. The number of hydrogen-bond acceptors (Lipinski definition) is 4. The molecular formula is C17H22N6O2. The molecule has 1 aliphatic rings. The van der Waals surface area contributed by atoms with E-state index in [0.717, 1.165) is 31.2 Å². The zero-order chi connectivity index (χ0) is 17.6. The van der Waals surface area contributed by atoms with Crippen molar-refractivity contribution in [3.63, 3.8) is 0 Å². The van der Waals surface area contributed by atoms with E-state index < -0.39 is 6.03 Å². The molecule has 0 saturated heterocycles. The van der Waals surface area contributed by atoms with Gasteiger partial charge in [0, 0.05) is 36.6 Å². The summed E-state index contributed by atoms with van der Waals surface area (Å²) in [5.41, 5.74) is 6.23. The van der Waals surface area contributed by atoms with Gasteiger partial charge in [0.05, 0.1) is 6.54 Å². The van der Waals surface area contributed by atoms with Crippen LogP contribution in [0, 0.1) is 5.92 Å². The minimum atomic E-state index is -0.507. The maximum absolute atomic E-state index is 12.4. The van der Waals surface area contributed by atoms with Gasteiger partial charge in [0.2, 0.25) is 5.91 Å². The van der Waals surface area contributed by atoms with Crippen LogP contribution in [0.4, 0.5) is 10.6 Å². The molecular weight excluding hydrogens is 320 g/mol. The predicted molar refractivity (Wildman–Crippen MR) is 92.7 cm³/mol. The third kappa shape index (κ3) is 4.79. The molecule has 4 N–H and O–H groups in total. The Labute approximate surface area is 145 Å². The van der Waals surface area contributed by atoms with Gasteiger partial charge < -0.3 is 16.4 Å². The highest BCUT2D eigenvalue weighted by atomic mass is 16.2. The molecule has 0 aromatic carbocycles. The van der Waals surface area contributed by atoms with Crippen LogP contribution >= 0.6 is 0 Å². The zero-order valence-corrected chi connectivity index (χ0v) is 13.9. The Bertz CT molecular complexity index is 722. The molecule has 1 aliphatic carbocycles. The number of aromatic nitrogens is 3. The molecule has 0 unspecified atom stereocenters. The van der Waals surface area contributed by atoms with Crippen molar-refractivity contribution in [2.24, 2.45) is 11.7 Å². The van der Waals surface area contributed by atoms with Gasteiger partial charge in [-0.2, -0.15) is 5.10 Å².